The summed E-state index contributed by atoms with van der Waals surface area (Å²) in [5.41, 5.74) is -1.21. The van der Waals surface area contributed by atoms with Crippen LogP contribution in [0.5, 0.6) is 11.5 Å². The Morgan fingerprint density at radius 2 is 1.89 bits per heavy atom. The van der Waals surface area contributed by atoms with Gasteiger partial charge in [-0.05, 0) is 30.5 Å². The van der Waals surface area contributed by atoms with E-state index in [0.717, 1.165) is 5.56 Å². The second-order valence-corrected chi connectivity index (χ2v) is 9.53. The highest BCUT2D eigenvalue weighted by molar-refractivity contribution is 5.71. The Morgan fingerprint density at radius 3 is 2.53 bits per heavy atom. The van der Waals surface area contributed by atoms with Crippen LogP contribution in [-0.4, -0.2) is 119 Å². The minimum absolute atomic E-state index is 0.0693. The Kier molecular flexibility index (Phi) is 10.7. The maximum atomic E-state index is 12.0. The van der Waals surface area contributed by atoms with Crippen LogP contribution in [-0.2, 0) is 30.2 Å². The van der Waals surface area contributed by atoms with Gasteiger partial charge in [0.25, 0.3) is 0 Å². The minimum Gasteiger partial charge on any atom is -0.493 e. The molecule has 0 aliphatic carbocycles. The molecular formula is C25H38O13. The number of benzene rings is 1. The number of rotatable bonds is 12. The molecule has 2 aliphatic rings. The SMILES string of the molecule is CCC(C)C(=O)OCC1(O)COC(OC2C(Oc3ccc(CCO)cc3OC)OC(CO)C(O)C2O)C1O. The molecule has 2 fully saturated rings. The summed E-state index contributed by atoms with van der Waals surface area (Å²) in [5.74, 6) is -0.476. The minimum atomic E-state index is -1.98. The predicted octanol–water partition coefficient (Wildman–Crippen LogP) is -1.53. The number of ether oxygens (including phenoxy) is 6. The summed E-state index contributed by atoms with van der Waals surface area (Å²) >= 11 is 0. The van der Waals surface area contributed by atoms with Gasteiger partial charge in [0.15, 0.2) is 29.5 Å². The lowest BCUT2D eigenvalue weighted by Gasteiger charge is -2.42. The fourth-order valence-corrected chi connectivity index (χ4v) is 4.07. The van der Waals surface area contributed by atoms with Crippen LogP contribution in [0.15, 0.2) is 18.2 Å². The van der Waals surface area contributed by atoms with E-state index >= 15 is 0 Å². The van der Waals surface area contributed by atoms with Gasteiger partial charge in [0.1, 0.15) is 31.0 Å². The number of hydrogen-bond donors (Lipinski definition) is 6. The van der Waals surface area contributed by atoms with E-state index in [-0.39, 0.29) is 18.1 Å². The molecule has 9 atom stereocenters. The van der Waals surface area contributed by atoms with Gasteiger partial charge >= 0.3 is 5.97 Å². The lowest BCUT2D eigenvalue weighted by atomic mass is 9.98. The van der Waals surface area contributed by atoms with Crippen molar-refractivity contribution in [2.24, 2.45) is 5.92 Å². The summed E-state index contributed by atoms with van der Waals surface area (Å²) in [5, 5.41) is 61.6. The van der Waals surface area contributed by atoms with E-state index in [1.54, 1.807) is 25.1 Å². The monoisotopic (exact) mass is 546 g/mol. The molecule has 0 amide bonds. The van der Waals surface area contributed by atoms with Crippen LogP contribution in [0.2, 0.25) is 0 Å². The van der Waals surface area contributed by atoms with Crippen molar-refractivity contribution in [3.05, 3.63) is 23.8 Å². The molecule has 6 N–H and O–H groups in total. The van der Waals surface area contributed by atoms with Crippen LogP contribution in [0.1, 0.15) is 25.8 Å². The standard InChI is InChI=1S/C25H38O13/c1-4-13(2)22(31)34-11-25(32)12-35-24(21(25)30)38-20-19(29)18(28)17(10-27)37-23(20)36-15-6-5-14(7-8-26)9-16(15)33-3/h5-6,9,13,17-21,23-24,26-30,32H,4,7-8,10-12H2,1-3H3. The fourth-order valence-electron chi connectivity index (χ4n) is 4.07. The average Bonchev–Trinajstić information content (AvgIpc) is 3.20. The van der Waals surface area contributed by atoms with Gasteiger partial charge in [0.2, 0.25) is 6.29 Å². The van der Waals surface area contributed by atoms with E-state index in [0.29, 0.717) is 12.8 Å². The van der Waals surface area contributed by atoms with Crippen molar-refractivity contribution < 1.29 is 63.9 Å². The number of carbonyl (C=O) groups is 1. The molecule has 2 heterocycles. The average molecular weight is 547 g/mol. The third kappa shape index (κ3) is 6.73. The first-order valence-corrected chi connectivity index (χ1v) is 12.5. The number of aliphatic hydroxyl groups is 6. The molecular weight excluding hydrogens is 508 g/mol. The van der Waals surface area contributed by atoms with E-state index in [2.05, 4.69) is 0 Å². The number of aliphatic hydroxyl groups excluding tert-OH is 5. The highest BCUT2D eigenvalue weighted by Gasteiger charge is 2.54. The molecule has 13 nitrogen and oxygen atoms in total. The van der Waals surface area contributed by atoms with E-state index in [1.807, 2.05) is 6.92 Å². The summed E-state index contributed by atoms with van der Waals surface area (Å²) in [4.78, 5) is 12.0. The first kappa shape index (κ1) is 30.5. The summed E-state index contributed by atoms with van der Waals surface area (Å²) < 4.78 is 33.2. The molecule has 13 heteroatoms. The van der Waals surface area contributed by atoms with Crippen molar-refractivity contribution in [2.45, 2.75) is 75.4 Å². The van der Waals surface area contributed by atoms with Gasteiger partial charge in [-0.3, -0.25) is 4.79 Å². The Balaban J connectivity index is 1.77. The fraction of sp³-hybridized carbons (Fsp3) is 0.720. The second-order valence-electron chi connectivity index (χ2n) is 9.53. The Hall–Kier alpha value is -2.07. The van der Waals surface area contributed by atoms with Crippen LogP contribution < -0.4 is 9.47 Å². The second kappa shape index (κ2) is 13.3. The van der Waals surface area contributed by atoms with Gasteiger partial charge in [-0.25, -0.2) is 0 Å². The zero-order chi connectivity index (χ0) is 28.0. The molecule has 0 radical (unpaired) electrons. The van der Waals surface area contributed by atoms with Gasteiger partial charge in [-0.2, -0.15) is 0 Å². The van der Waals surface area contributed by atoms with Crippen molar-refractivity contribution in [3.8, 4) is 11.5 Å². The van der Waals surface area contributed by atoms with Gasteiger partial charge in [-0.1, -0.05) is 19.9 Å². The van der Waals surface area contributed by atoms with Gasteiger partial charge in [0, 0.05) is 6.61 Å². The predicted molar refractivity (Wildman–Crippen MR) is 128 cm³/mol. The maximum absolute atomic E-state index is 12.0. The van der Waals surface area contributed by atoms with Gasteiger partial charge in [0.05, 0.1) is 26.2 Å². The molecule has 38 heavy (non-hydrogen) atoms. The summed E-state index contributed by atoms with van der Waals surface area (Å²) in [7, 11) is 1.41. The third-order valence-corrected chi connectivity index (χ3v) is 6.77. The molecule has 0 spiro atoms. The maximum Gasteiger partial charge on any atom is 0.308 e. The summed E-state index contributed by atoms with van der Waals surface area (Å²) in [6.45, 7) is 1.78. The van der Waals surface area contributed by atoms with Crippen molar-refractivity contribution in [1.82, 2.24) is 0 Å². The lowest BCUT2D eigenvalue weighted by molar-refractivity contribution is -0.319. The zero-order valence-electron chi connectivity index (χ0n) is 21.6. The van der Waals surface area contributed by atoms with E-state index in [9.17, 15) is 35.4 Å². The number of methoxy groups -OCH3 is 1. The molecule has 216 valence electrons. The first-order valence-electron chi connectivity index (χ1n) is 12.5. The van der Waals surface area contributed by atoms with Crippen LogP contribution in [0, 0.1) is 5.92 Å². The van der Waals surface area contributed by atoms with Crippen molar-refractivity contribution in [1.29, 1.82) is 0 Å². The van der Waals surface area contributed by atoms with Gasteiger partial charge < -0.3 is 59.1 Å². The number of esters is 1. The Bertz CT molecular complexity index is 913. The van der Waals surface area contributed by atoms with Crippen LogP contribution in [0.4, 0.5) is 0 Å². The topological polar surface area (TPSA) is 194 Å². The van der Waals surface area contributed by atoms with Crippen LogP contribution in [0.25, 0.3) is 0 Å². The highest BCUT2D eigenvalue weighted by Crippen LogP contribution is 2.35. The molecule has 2 aliphatic heterocycles. The molecule has 0 aromatic heterocycles. The lowest BCUT2D eigenvalue weighted by Crippen LogP contribution is -2.62. The molecule has 2 saturated heterocycles. The third-order valence-electron chi connectivity index (χ3n) is 6.77. The quantitative estimate of drug-likeness (QED) is 0.166. The zero-order valence-corrected chi connectivity index (χ0v) is 21.6. The first-order chi connectivity index (χ1) is 18.1. The molecule has 0 saturated carbocycles. The van der Waals surface area contributed by atoms with Gasteiger partial charge in [-0.15, -0.1) is 0 Å². The molecule has 0 bridgehead atoms. The highest BCUT2D eigenvalue weighted by atomic mass is 16.8. The van der Waals surface area contributed by atoms with E-state index in [4.69, 9.17) is 28.4 Å². The Labute approximate surface area is 220 Å². The Morgan fingerprint density at radius 1 is 1.16 bits per heavy atom. The van der Waals surface area contributed by atoms with Crippen molar-refractivity contribution >= 4 is 5.97 Å². The van der Waals surface area contributed by atoms with Crippen LogP contribution >= 0.6 is 0 Å². The molecule has 1 aromatic carbocycles. The van der Waals surface area contributed by atoms with E-state index < -0.39 is 80.4 Å². The molecule has 1 aromatic rings. The van der Waals surface area contributed by atoms with Crippen molar-refractivity contribution in [3.63, 3.8) is 0 Å². The molecule has 9 unspecified atom stereocenters. The van der Waals surface area contributed by atoms with Crippen LogP contribution in [0.3, 0.4) is 0 Å². The summed E-state index contributed by atoms with van der Waals surface area (Å²) in [6.07, 6.45) is -9.62. The number of hydrogen-bond acceptors (Lipinski definition) is 13. The number of carbonyl (C=O) groups excluding carboxylic acids is 1. The van der Waals surface area contributed by atoms with Crippen molar-refractivity contribution in [2.75, 3.05) is 33.5 Å². The summed E-state index contributed by atoms with van der Waals surface area (Å²) in [6, 6.07) is 4.89. The van der Waals surface area contributed by atoms with E-state index in [1.165, 1.54) is 7.11 Å². The smallest absolute Gasteiger partial charge is 0.308 e. The normalized spacial score (nSPS) is 34.1. The largest absolute Gasteiger partial charge is 0.493 e. The molecule has 3 rings (SSSR count).